The van der Waals surface area contributed by atoms with E-state index in [2.05, 4.69) is 0 Å². The number of aromatic hydroxyl groups is 1. The second-order valence-corrected chi connectivity index (χ2v) is 8.03. The van der Waals surface area contributed by atoms with Crippen LogP contribution in [0.15, 0.2) is 75.9 Å². The quantitative estimate of drug-likeness (QED) is 0.481. The summed E-state index contributed by atoms with van der Waals surface area (Å²) in [5.41, 5.74) is 1.69. The number of nitrogens with zero attached hydrogens (tertiary/aromatic N) is 1. The number of hydrogen-bond donors (Lipinski definition) is 1. The number of fused-ring (bicyclic) bond motifs is 2. The summed E-state index contributed by atoms with van der Waals surface area (Å²) in [7, 11) is 1.59. The van der Waals surface area contributed by atoms with Gasteiger partial charge in [0.2, 0.25) is 5.76 Å². The van der Waals surface area contributed by atoms with Crippen molar-refractivity contribution >= 4 is 28.5 Å². The zero-order chi connectivity index (χ0) is 22.4. The first-order valence-corrected chi connectivity index (χ1v) is 10.3. The molecule has 32 heavy (non-hydrogen) atoms. The van der Waals surface area contributed by atoms with Gasteiger partial charge in [0, 0.05) is 11.6 Å². The molecule has 0 saturated heterocycles. The minimum atomic E-state index is -0.716. The molecule has 4 aromatic rings. The van der Waals surface area contributed by atoms with Crippen LogP contribution in [0.2, 0.25) is 5.02 Å². The lowest BCUT2D eigenvalue weighted by Gasteiger charge is -2.25. The van der Waals surface area contributed by atoms with Crippen LogP contribution in [0.25, 0.3) is 11.0 Å². The lowest BCUT2D eigenvalue weighted by Crippen LogP contribution is -2.29. The van der Waals surface area contributed by atoms with Gasteiger partial charge in [-0.2, -0.15) is 0 Å². The van der Waals surface area contributed by atoms with Crippen LogP contribution in [0.1, 0.15) is 33.3 Å². The number of amides is 1. The topological polar surface area (TPSA) is 80.0 Å². The number of benzene rings is 3. The summed E-state index contributed by atoms with van der Waals surface area (Å²) in [6.07, 6.45) is 0. The maximum Gasteiger partial charge on any atom is 0.291 e. The number of carbonyl (C=O) groups excluding carboxylic acids is 1. The summed E-state index contributed by atoms with van der Waals surface area (Å²) in [5.74, 6) is 0.361. The highest BCUT2D eigenvalue weighted by atomic mass is 35.5. The van der Waals surface area contributed by atoms with E-state index in [4.69, 9.17) is 20.8 Å². The lowest BCUT2D eigenvalue weighted by molar-refractivity contribution is 0.0714. The van der Waals surface area contributed by atoms with Crippen LogP contribution in [0.5, 0.6) is 11.5 Å². The number of phenolic OH excluding ortho intramolecular Hbond substituents is 1. The number of methoxy groups -OCH3 is 1. The van der Waals surface area contributed by atoms with Crippen molar-refractivity contribution in [1.29, 1.82) is 0 Å². The summed E-state index contributed by atoms with van der Waals surface area (Å²) < 4.78 is 11.1. The summed E-state index contributed by atoms with van der Waals surface area (Å²) in [5, 5.41) is 10.8. The molecule has 1 atom stereocenters. The molecular weight excluding hydrogens is 430 g/mol. The average Bonchev–Trinajstić information content (AvgIpc) is 3.07. The Morgan fingerprint density at radius 1 is 1.06 bits per heavy atom. The molecule has 3 aromatic carbocycles. The van der Waals surface area contributed by atoms with Crippen molar-refractivity contribution < 1.29 is 19.1 Å². The summed E-state index contributed by atoms with van der Waals surface area (Å²) in [4.78, 5) is 28.5. The van der Waals surface area contributed by atoms with Gasteiger partial charge in [0.05, 0.1) is 24.1 Å². The van der Waals surface area contributed by atoms with Crippen molar-refractivity contribution in [3.05, 3.63) is 104 Å². The Hall–Kier alpha value is -3.77. The molecule has 6 nitrogen and oxygen atoms in total. The van der Waals surface area contributed by atoms with E-state index in [-0.39, 0.29) is 29.0 Å². The van der Waals surface area contributed by atoms with Crippen LogP contribution in [0.3, 0.4) is 0 Å². The molecule has 7 heteroatoms. The molecule has 1 aromatic heterocycles. The van der Waals surface area contributed by atoms with Gasteiger partial charge in [0.1, 0.15) is 17.1 Å². The fourth-order valence-electron chi connectivity index (χ4n) is 4.12. The highest BCUT2D eigenvalue weighted by Crippen LogP contribution is 2.40. The molecule has 0 radical (unpaired) electrons. The molecule has 1 N–H and O–H groups in total. The highest BCUT2D eigenvalue weighted by Gasteiger charge is 2.42. The van der Waals surface area contributed by atoms with E-state index in [0.717, 1.165) is 5.56 Å². The first-order valence-electron chi connectivity index (χ1n) is 9.95. The molecule has 1 unspecified atom stereocenters. The largest absolute Gasteiger partial charge is 0.508 e. The summed E-state index contributed by atoms with van der Waals surface area (Å²) in [6, 6.07) is 17.9. The van der Waals surface area contributed by atoms with E-state index in [1.807, 2.05) is 24.3 Å². The van der Waals surface area contributed by atoms with E-state index in [9.17, 15) is 14.7 Å². The van der Waals surface area contributed by atoms with Gasteiger partial charge in [-0.1, -0.05) is 35.9 Å². The zero-order valence-corrected chi connectivity index (χ0v) is 17.8. The molecule has 160 valence electrons. The molecule has 0 bridgehead atoms. The third kappa shape index (κ3) is 3.29. The minimum absolute atomic E-state index is 0.00618. The lowest BCUT2D eigenvalue weighted by atomic mass is 9.98. The fourth-order valence-corrected chi connectivity index (χ4v) is 4.30. The first-order chi connectivity index (χ1) is 15.5. The molecule has 1 amide bonds. The second-order valence-electron chi connectivity index (χ2n) is 7.59. The molecule has 0 fully saturated rings. The van der Waals surface area contributed by atoms with Crippen molar-refractivity contribution in [2.45, 2.75) is 12.6 Å². The van der Waals surface area contributed by atoms with E-state index >= 15 is 0 Å². The van der Waals surface area contributed by atoms with Crippen LogP contribution in [0.4, 0.5) is 0 Å². The highest BCUT2D eigenvalue weighted by molar-refractivity contribution is 6.31. The SMILES string of the molecule is COc1ccc(CN2C(=O)c3oc4ccc(Cl)cc4c(=O)c3C2c2cccc(O)c2)cc1. The monoisotopic (exact) mass is 447 g/mol. The number of hydrogen-bond acceptors (Lipinski definition) is 5. The number of phenols is 1. The summed E-state index contributed by atoms with van der Waals surface area (Å²) >= 11 is 6.10. The van der Waals surface area contributed by atoms with Gasteiger partial charge >= 0.3 is 0 Å². The Kier molecular flexibility index (Phi) is 4.87. The predicted octanol–water partition coefficient (Wildman–Crippen LogP) is 4.91. The maximum atomic E-state index is 13.5. The van der Waals surface area contributed by atoms with Crippen molar-refractivity contribution in [2.75, 3.05) is 7.11 Å². The molecule has 2 heterocycles. The Bertz CT molecular complexity index is 1410. The number of rotatable bonds is 4. The Balaban J connectivity index is 1.70. The van der Waals surface area contributed by atoms with Crippen LogP contribution in [-0.2, 0) is 6.54 Å². The van der Waals surface area contributed by atoms with Crippen LogP contribution < -0.4 is 10.2 Å². The molecule has 0 spiro atoms. The average molecular weight is 448 g/mol. The van der Waals surface area contributed by atoms with E-state index in [0.29, 0.717) is 27.3 Å². The Labute approximate surface area is 188 Å². The van der Waals surface area contributed by atoms with E-state index < -0.39 is 11.9 Å². The van der Waals surface area contributed by atoms with Crippen LogP contribution >= 0.6 is 11.6 Å². The van der Waals surface area contributed by atoms with Crippen molar-refractivity contribution in [2.24, 2.45) is 0 Å². The van der Waals surface area contributed by atoms with Crippen molar-refractivity contribution in [3.63, 3.8) is 0 Å². The predicted molar refractivity (Wildman–Crippen MR) is 120 cm³/mol. The molecule has 5 rings (SSSR count). The van der Waals surface area contributed by atoms with Crippen molar-refractivity contribution in [1.82, 2.24) is 4.90 Å². The maximum absolute atomic E-state index is 13.5. The molecule has 1 aliphatic heterocycles. The molecule has 0 saturated carbocycles. The van der Waals surface area contributed by atoms with E-state index in [1.54, 1.807) is 48.4 Å². The van der Waals surface area contributed by atoms with Gasteiger partial charge in [-0.15, -0.1) is 0 Å². The van der Waals surface area contributed by atoms with Gasteiger partial charge in [-0.05, 0) is 53.6 Å². The Morgan fingerprint density at radius 3 is 2.56 bits per heavy atom. The molecular formula is C25H18ClNO5. The standard InChI is InChI=1S/C25H18ClNO5/c1-31-18-8-5-14(6-9-18)13-27-22(15-3-2-4-17(28)11-15)21-23(29)19-12-16(26)7-10-20(19)32-24(21)25(27)30/h2-12,22,28H,13H2,1H3. The summed E-state index contributed by atoms with van der Waals surface area (Å²) in [6.45, 7) is 0.240. The third-order valence-corrected chi connectivity index (χ3v) is 5.86. The molecule has 0 aliphatic carbocycles. The van der Waals surface area contributed by atoms with Gasteiger partial charge in [0.25, 0.3) is 5.91 Å². The van der Waals surface area contributed by atoms with Crippen molar-refractivity contribution in [3.8, 4) is 11.5 Å². The van der Waals surface area contributed by atoms with Crippen LogP contribution in [0, 0.1) is 0 Å². The van der Waals surface area contributed by atoms with Gasteiger partial charge in [0.15, 0.2) is 5.43 Å². The van der Waals surface area contributed by atoms with Gasteiger partial charge in [-0.3, -0.25) is 9.59 Å². The number of carbonyl (C=O) groups is 1. The van der Waals surface area contributed by atoms with Gasteiger partial charge in [-0.25, -0.2) is 0 Å². The van der Waals surface area contributed by atoms with Crippen LogP contribution in [-0.4, -0.2) is 23.0 Å². The van der Waals surface area contributed by atoms with E-state index in [1.165, 1.54) is 6.07 Å². The van der Waals surface area contributed by atoms with Gasteiger partial charge < -0.3 is 19.2 Å². The smallest absolute Gasteiger partial charge is 0.291 e. The second kappa shape index (κ2) is 7.73. The Morgan fingerprint density at radius 2 is 1.84 bits per heavy atom. The number of halogens is 1. The first kappa shape index (κ1) is 20.2. The number of ether oxygens (including phenoxy) is 1. The minimum Gasteiger partial charge on any atom is -0.508 e. The third-order valence-electron chi connectivity index (χ3n) is 5.63. The molecule has 1 aliphatic rings. The fraction of sp³-hybridized carbons (Fsp3) is 0.120. The zero-order valence-electron chi connectivity index (χ0n) is 17.0. The normalized spacial score (nSPS) is 15.2.